The number of allylic oxidation sites excluding steroid dienone is 1. The van der Waals surface area contributed by atoms with Gasteiger partial charge in [-0.2, -0.15) is 0 Å². The van der Waals surface area contributed by atoms with E-state index in [-0.39, 0.29) is 6.61 Å². The van der Waals surface area contributed by atoms with Crippen molar-refractivity contribution in [3.63, 3.8) is 0 Å². The van der Waals surface area contributed by atoms with Crippen molar-refractivity contribution in [3.05, 3.63) is 12.7 Å². The van der Waals surface area contributed by atoms with Crippen molar-refractivity contribution in [3.8, 4) is 0 Å². The van der Waals surface area contributed by atoms with E-state index < -0.39 is 0 Å². The zero-order chi connectivity index (χ0) is 4.83. The van der Waals surface area contributed by atoms with E-state index in [0.717, 1.165) is 12.8 Å². The molecule has 0 atom stereocenters. The summed E-state index contributed by atoms with van der Waals surface area (Å²) in [6.45, 7) is 5.22. The molecule has 0 heterocycles. The van der Waals surface area contributed by atoms with Crippen molar-refractivity contribution in [2.45, 2.75) is 12.8 Å². The quantitative estimate of drug-likeness (QED) is 0.501. The topological polar surface area (TPSA) is 20.2 Å². The average Bonchev–Trinajstić information content (AvgIpc) is 1.61. The van der Waals surface area contributed by atoms with Crippen LogP contribution in [0.15, 0.2) is 6.08 Å². The van der Waals surface area contributed by atoms with Crippen LogP contribution in [0.4, 0.5) is 0 Å². The molecule has 1 heteroatoms. The van der Waals surface area contributed by atoms with Crippen molar-refractivity contribution in [2.24, 2.45) is 0 Å². The second-order valence-electron chi connectivity index (χ2n) is 1.10. The molecule has 0 amide bonds. The predicted octanol–water partition coefficient (Wildman–Crippen LogP) is 0.748. The summed E-state index contributed by atoms with van der Waals surface area (Å²) in [5.41, 5.74) is 0. The summed E-state index contributed by atoms with van der Waals surface area (Å²) in [6, 6.07) is 0. The molecule has 35 valence electrons. The molecule has 0 aromatic rings. The number of aliphatic hydroxyl groups is 1. The minimum atomic E-state index is 0.244. The number of unbranched alkanes of at least 4 members (excludes halogenated alkanes) is 1. The van der Waals surface area contributed by atoms with Gasteiger partial charge in [0, 0.05) is 6.61 Å². The fraction of sp³-hybridized carbons (Fsp3) is 0.600. The van der Waals surface area contributed by atoms with Gasteiger partial charge in [-0.3, -0.25) is 0 Å². The lowest BCUT2D eigenvalue weighted by Gasteiger charge is -1.81. The van der Waals surface area contributed by atoms with Gasteiger partial charge in [-0.1, -0.05) is 12.7 Å². The Morgan fingerprint density at radius 2 is 2.33 bits per heavy atom. The van der Waals surface area contributed by atoms with Gasteiger partial charge in [-0.25, -0.2) is 0 Å². The van der Waals surface area contributed by atoms with Crippen molar-refractivity contribution >= 4 is 0 Å². The molecule has 6 heavy (non-hydrogen) atoms. The van der Waals surface area contributed by atoms with Gasteiger partial charge in [0.2, 0.25) is 0 Å². The maximum absolute atomic E-state index is 8.12. The second-order valence-corrected chi connectivity index (χ2v) is 1.10. The Hall–Kier alpha value is -0.300. The van der Waals surface area contributed by atoms with E-state index in [0.29, 0.717) is 0 Å². The third-order valence-corrected chi connectivity index (χ3v) is 0.529. The lowest BCUT2D eigenvalue weighted by atomic mass is 10.3. The molecule has 0 aliphatic rings. The molecule has 0 aromatic carbocycles. The smallest absolute Gasteiger partial charge is 0.0433 e. The van der Waals surface area contributed by atoms with Crippen LogP contribution in [-0.4, -0.2) is 11.7 Å². The van der Waals surface area contributed by atoms with Gasteiger partial charge in [0.05, 0.1) is 0 Å². The van der Waals surface area contributed by atoms with Crippen LogP contribution in [0.1, 0.15) is 12.8 Å². The normalized spacial score (nSPS) is 8.17. The molecule has 0 aliphatic heterocycles. The fourth-order valence-electron chi connectivity index (χ4n) is 0.209. The SMILES string of the molecule is [CH]=CCCCO. The van der Waals surface area contributed by atoms with E-state index in [1.54, 1.807) is 6.08 Å². The molecule has 1 radical (unpaired) electrons. The molecule has 0 bridgehead atoms. The van der Waals surface area contributed by atoms with E-state index in [1.807, 2.05) is 0 Å². The summed E-state index contributed by atoms with van der Waals surface area (Å²) in [6.07, 6.45) is 3.16. The Bertz CT molecular complexity index is 32.9. The van der Waals surface area contributed by atoms with Crippen LogP contribution in [0.3, 0.4) is 0 Å². The molecule has 0 unspecified atom stereocenters. The summed E-state index contributed by atoms with van der Waals surface area (Å²) in [5.74, 6) is 0. The third kappa shape index (κ3) is 3.70. The molecule has 1 nitrogen and oxygen atoms in total. The van der Waals surface area contributed by atoms with Gasteiger partial charge >= 0.3 is 0 Å². The number of aliphatic hydroxyl groups excluding tert-OH is 1. The molecule has 0 saturated carbocycles. The third-order valence-electron chi connectivity index (χ3n) is 0.529. The van der Waals surface area contributed by atoms with Crippen LogP contribution in [0, 0.1) is 6.58 Å². The predicted molar refractivity (Wildman–Crippen MR) is 25.2 cm³/mol. The van der Waals surface area contributed by atoms with E-state index in [1.165, 1.54) is 0 Å². The Morgan fingerprint density at radius 3 is 2.50 bits per heavy atom. The van der Waals surface area contributed by atoms with Crippen molar-refractivity contribution in [1.82, 2.24) is 0 Å². The molecule has 1 N–H and O–H groups in total. The van der Waals surface area contributed by atoms with Crippen LogP contribution in [0.2, 0.25) is 0 Å². The average molecular weight is 85.1 g/mol. The van der Waals surface area contributed by atoms with Gasteiger partial charge in [0.15, 0.2) is 0 Å². The highest BCUT2D eigenvalue weighted by Crippen LogP contribution is 1.83. The summed E-state index contributed by atoms with van der Waals surface area (Å²) in [4.78, 5) is 0. The van der Waals surface area contributed by atoms with Crippen LogP contribution >= 0.6 is 0 Å². The highest BCUT2D eigenvalue weighted by atomic mass is 16.2. The molecule has 0 aromatic heterocycles. The second kappa shape index (κ2) is 4.70. The highest BCUT2D eigenvalue weighted by Gasteiger charge is 1.72. The molecule has 0 aliphatic carbocycles. The Morgan fingerprint density at radius 1 is 1.67 bits per heavy atom. The van der Waals surface area contributed by atoms with Crippen LogP contribution < -0.4 is 0 Å². The standard InChI is InChI=1S/C5H9O/c1-2-3-4-5-6/h1-2,6H,3-5H2. The van der Waals surface area contributed by atoms with E-state index in [9.17, 15) is 0 Å². The van der Waals surface area contributed by atoms with Crippen molar-refractivity contribution in [2.75, 3.05) is 6.61 Å². The largest absolute Gasteiger partial charge is 0.396 e. The van der Waals surface area contributed by atoms with Gasteiger partial charge in [0.1, 0.15) is 0 Å². The summed E-state index contributed by atoms with van der Waals surface area (Å²) < 4.78 is 0. The number of hydrogen-bond acceptors (Lipinski definition) is 1. The van der Waals surface area contributed by atoms with Crippen LogP contribution in [0.5, 0.6) is 0 Å². The highest BCUT2D eigenvalue weighted by molar-refractivity contribution is 4.60. The Kier molecular flexibility index (Phi) is 4.46. The molecule has 0 spiro atoms. The molecular weight excluding hydrogens is 76.1 g/mol. The minimum absolute atomic E-state index is 0.244. The van der Waals surface area contributed by atoms with Gasteiger partial charge in [-0.15, -0.1) is 0 Å². The van der Waals surface area contributed by atoms with Gasteiger partial charge < -0.3 is 5.11 Å². The van der Waals surface area contributed by atoms with E-state index >= 15 is 0 Å². The van der Waals surface area contributed by atoms with Gasteiger partial charge in [0.25, 0.3) is 0 Å². The van der Waals surface area contributed by atoms with Crippen LogP contribution in [-0.2, 0) is 0 Å². The monoisotopic (exact) mass is 85.1 g/mol. The van der Waals surface area contributed by atoms with E-state index in [2.05, 4.69) is 0 Å². The first kappa shape index (κ1) is 5.70. The summed E-state index contributed by atoms with van der Waals surface area (Å²) >= 11 is 0. The fourth-order valence-corrected chi connectivity index (χ4v) is 0.209. The van der Waals surface area contributed by atoms with Crippen LogP contribution in [0.25, 0.3) is 0 Å². The molecule has 0 rings (SSSR count). The van der Waals surface area contributed by atoms with E-state index in [4.69, 9.17) is 11.7 Å². The zero-order valence-electron chi connectivity index (χ0n) is 3.72. The molecule has 0 saturated heterocycles. The first-order valence-electron chi connectivity index (χ1n) is 2.06. The zero-order valence-corrected chi connectivity index (χ0v) is 3.72. The Balaban J connectivity index is 2.49. The minimum Gasteiger partial charge on any atom is -0.396 e. The maximum Gasteiger partial charge on any atom is 0.0433 e. The Labute approximate surface area is 38.3 Å². The van der Waals surface area contributed by atoms with Gasteiger partial charge in [-0.05, 0) is 12.8 Å². The molecular formula is C5H9O. The lowest BCUT2D eigenvalue weighted by molar-refractivity contribution is 0.289. The number of rotatable bonds is 3. The van der Waals surface area contributed by atoms with Crippen molar-refractivity contribution in [1.29, 1.82) is 0 Å². The lowest BCUT2D eigenvalue weighted by Crippen LogP contribution is -1.76. The molecule has 0 fully saturated rings. The first-order valence-corrected chi connectivity index (χ1v) is 2.06. The maximum atomic E-state index is 8.12. The first-order chi connectivity index (χ1) is 2.91. The summed E-state index contributed by atoms with van der Waals surface area (Å²) in [7, 11) is 0. The number of hydrogen-bond donors (Lipinski definition) is 1. The van der Waals surface area contributed by atoms with Crippen molar-refractivity contribution < 1.29 is 5.11 Å². The summed E-state index contributed by atoms with van der Waals surface area (Å²) in [5, 5.41) is 8.12.